The van der Waals surface area contributed by atoms with Crippen LogP contribution in [0.15, 0.2) is 29.2 Å². The lowest BCUT2D eigenvalue weighted by Gasteiger charge is -2.25. The summed E-state index contributed by atoms with van der Waals surface area (Å²) in [5.41, 5.74) is 1.01. The molecule has 116 valence electrons. The molecule has 1 saturated heterocycles. The highest BCUT2D eigenvalue weighted by Gasteiger charge is 2.40. The van der Waals surface area contributed by atoms with E-state index in [-0.39, 0.29) is 29.2 Å². The van der Waals surface area contributed by atoms with Gasteiger partial charge in [-0.25, -0.2) is 8.42 Å². The van der Waals surface area contributed by atoms with Crippen LogP contribution in [0.1, 0.15) is 25.3 Å². The third kappa shape index (κ3) is 3.27. The Morgan fingerprint density at radius 3 is 2.52 bits per heavy atom. The van der Waals surface area contributed by atoms with Gasteiger partial charge in [0.1, 0.15) is 0 Å². The molecule has 2 rings (SSSR count). The van der Waals surface area contributed by atoms with E-state index in [9.17, 15) is 13.2 Å². The van der Waals surface area contributed by atoms with Crippen LogP contribution in [0, 0.1) is 12.8 Å². The zero-order valence-corrected chi connectivity index (χ0v) is 13.4. The molecule has 0 amide bonds. The van der Waals surface area contributed by atoms with Gasteiger partial charge in [0.25, 0.3) is 0 Å². The van der Waals surface area contributed by atoms with Crippen molar-refractivity contribution in [2.45, 2.75) is 37.6 Å². The van der Waals surface area contributed by atoms with Crippen LogP contribution in [0.25, 0.3) is 0 Å². The summed E-state index contributed by atoms with van der Waals surface area (Å²) in [7, 11) is -2.25. The van der Waals surface area contributed by atoms with Crippen LogP contribution in [0.4, 0.5) is 0 Å². The molecular formula is C15H21NO4S. The number of ether oxygens (including phenoxy) is 1. The molecule has 0 aromatic heterocycles. The largest absolute Gasteiger partial charge is 0.469 e. The van der Waals surface area contributed by atoms with Crippen LogP contribution in [-0.2, 0) is 19.6 Å². The lowest BCUT2D eigenvalue weighted by Crippen LogP contribution is -2.39. The fraction of sp³-hybridized carbons (Fsp3) is 0.533. The number of esters is 1. The molecule has 1 fully saturated rings. The van der Waals surface area contributed by atoms with Crippen LogP contribution in [0.3, 0.4) is 0 Å². The molecule has 0 unspecified atom stereocenters. The highest BCUT2D eigenvalue weighted by molar-refractivity contribution is 7.89. The van der Waals surface area contributed by atoms with Crippen molar-refractivity contribution < 1.29 is 17.9 Å². The molecule has 0 bridgehead atoms. The van der Waals surface area contributed by atoms with Gasteiger partial charge >= 0.3 is 5.97 Å². The van der Waals surface area contributed by atoms with E-state index in [0.717, 1.165) is 12.0 Å². The molecule has 0 radical (unpaired) electrons. The van der Waals surface area contributed by atoms with E-state index < -0.39 is 10.0 Å². The number of rotatable bonds is 4. The van der Waals surface area contributed by atoms with E-state index in [4.69, 9.17) is 0 Å². The number of hydrogen-bond acceptors (Lipinski definition) is 4. The van der Waals surface area contributed by atoms with Crippen molar-refractivity contribution in [3.63, 3.8) is 0 Å². The maximum Gasteiger partial charge on any atom is 0.307 e. The van der Waals surface area contributed by atoms with Gasteiger partial charge in [0.2, 0.25) is 10.0 Å². The lowest BCUT2D eigenvalue weighted by molar-refractivity contribution is -0.141. The molecule has 0 N–H and O–H groups in total. The molecule has 1 aromatic carbocycles. The quantitative estimate of drug-likeness (QED) is 0.797. The first-order valence-corrected chi connectivity index (χ1v) is 8.45. The lowest BCUT2D eigenvalue weighted by atomic mass is 10.0. The number of aryl methyl sites for hydroxylation is 1. The SMILES string of the molecule is COC(=O)C[C@@H]1[C@@H](C)CCN1S(=O)(=O)c1ccc(C)cc1. The minimum atomic E-state index is -3.57. The Morgan fingerprint density at radius 2 is 1.95 bits per heavy atom. The standard InChI is InChI=1S/C15H21NO4S/c1-11-4-6-13(7-5-11)21(18,19)16-9-8-12(2)14(16)10-15(17)20-3/h4-7,12,14H,8-10H2,1-3H3/t12-,14+/m0/s1. The van der Waals surface area contributed by atoms with Gasteiger partial charge in [-0.1, -0.05) is 24.6 Å². The summed E-state index contributed by atoms with van der Waals surface area (Å²) in [5.74, 6) is -0.234. The van der Waals surface area contributed by atoms with Gasteiger partial charge in [-0.2, -0.15) is 4.31 Å². The zero-order valence-electron chi connectivity index (χ0n) is 12.6. The Labute approximate surface area is 126 Å². The third-order valence-electron chi connectivity index (χ3n) is 4.06. The number of hydrogen-bond donors (Lipinski definition) is 0. The fourth-order valence-electron chi connectivity index (χ4n) is 2.67. The third-order valence-corrected chi connectivity index (χ3v) is 6.00. The molecular weight excluding hydrogens is 290 g/mol. The maximum absolute atomic E-state index is 12.7. The number of nitrogens with zero attached hydrogens (tertiary/aromatic N) is 1. The first-order chi connectivity index (χ1) is 9.86. The summed E-state index contributed by atoms with van der Waals surface area (Å²) in [6, 6.07) is 6.46. The van der Waals surface area contributed by atoms with E-state index in [0.29, 0.717) is 6.54 Å². The van der Waals surface area contributed by atoms with E-state index in [1.165, 1.54) is 11.4 Å². The maximum atomic E-state index is 12.7. The van der Waals surface area contributed by atoms with Crippen molar-refractivity contribution in [3.05, 3.63) is 29.8 Å². The summed E-state index contributed by atoms with van der Waals surface area (Å²) in [4.78, 5) is 11.8. The molecule has 5 nitrogen and oxygen atoms in total. The number of carbonyl (C=O) groups is 1. The smallest absolute Gasteiger partial charge is 0.307 e. The van der Waals surface area contributed by atoms with E-state index >= 15 is 0 Å². The molecule has 1 aliphatic rings. The van der Waals surface area contributed by atoms with E-state index in [1.54, 1.807) is 24.3 Å². The van der Waals surface area contributed by atoms with Crippen molar-refractivity contribution in [1.82, 2.24) is 4.31 Å². The monoisotopic (exact) mass is 311 g/mol. The fourth-order valence-corrected chi connectivity index (χ4v) is 4.41. The molecule has 6 heteroatoms. The van der Waals surface area contributed by atoms with Crippen LogP contribution in [0.2, 0.25) is 0 Å². The van der Waals surface area contributed by atoms with Gasteiger partial charge in [0, 0.05) is 12.6 Å². The highest BCUT2D eigenvalue weighted by atomic mass is 32.2. The Hall–Kier alpha value is -1.40. The van der Waals surface area contributed by atoms with Crippen molar-refractivity contribution in [2.24, 2.45) is 5.92 Å². The average Bonchev–Trinajstić information content (AvgIpc) is 2.81. The van der Waals surface area contributed by atoms with Gasteiger partial charge in [0.05, 0.1) is 18.4 Å². The number of benzene rings is 1. The zero-order chi connectivity index (χ0) is 15.6. The van der Waals surface area contributed by atoms with Crippen LogP contribution in [-0.4, -0.2) is 38.4 Å². The van der Waals surface area contributed by atoms with E-state index in [1.807, 2.05) is 13.8 Å². The first-order valence-electron chi connectivity index (χ1n) is 7.01. The second-order valence-corrected chi connectivity index (χ2v) is 7.43. The summed E-state index contributed by atoms with van der Waals surface area (Å²) >= 11 is 0. The molecule has 1 aromatic rings. The Morgan fingerprint density at radius 1 is 1.33 bits per heavy atom. The summed E-state index contributed by atoms with van der Waals surface area (Å²) < 4.78 is 31.6. The molecule has 0 spiro atoms. The van der Waals surface area contributed by atoms with Crippen molar-refractivity contribution in [2.75, 3.05) is 13.7 Å². The van der Waals surface area contributed by atoms with Crippen LogP contribution >= 0.6 is 0 Å². The topological polar surface area (TPSA) is 63.7 Å². The molecule has 1 aliphatic heterocycles. The Bertz CT molecular complexity index is 609. The Kier molecular flexibility index (Phi) is 4.68. The molecule has 1 heterocycles. The van der Waals surface area contributed by atoms with Gasteiger partial charge in [-0.3, -0.25) is 4.79 Å². The van der Waals surface area contributed by atoms with Crippen molar-refractivity contribution in [1.29, 1.82) is 0 Å². The predicted molar refractivity (Wildman–Crippen MR) is 79.3 cm³/mol. The second-order valence-electron chi connectivity index (χ2n) is 5.54. The molecule has 2 atom stereocenters. The summed E-state index contributed by atoms with van der Waals surface area (Å²) in [5, 5.41) is 0. The second kappa shape index (κ2) is 6.15. The van der Waals surface area contributed by atoms with E-state index in [2.05, 4.69) is 4.74 Å². The van der Waals surface area contributed by atoms with Gasteiger partial charge in [-0.15, -0.1) is 0 Å². The predicted octanol–water partition coefficient (Wildman–Crippen LogP) is 1.96. The van der Waals surface area contributed by atoms with Gasteiger partial charge in [-0.05, 0) is 31.4 Å². The number of methoxy groups -OCH3 is 1. The van der Waals surface area contributed by atoms with Gasteiger partial charge < -0.3 is 4.74 Å². The van der Waals surface area contributed by atoms with Gasteiger partial charge in [0.15, 0.2) is 0 Å². The number of sulfonamides is 1. The number of carbonyl (C=O) groups excluding carboxylic acids is 1. The Balaban J connectivity index is 2.29. The van der Waals surface area contributed by atoms with Crippen molar-refractivity contribution >= 4 is 16.0 Å². The normalized spacial score (nSPS) is 23.2. The minimum Gasteiger partial charge on any atom is -0.469 e. The summed E-state index contributed by atoms with van der Waals surface area (Å²) in [6.07, 6.45) is 0.857. The summed E-state index contributed by atoms with van der Waals surface area (Å²) in [6.45, 7) is 4.33. The van der Waals surface area contributed by atoms with Crippen LogP contribution < -0.4 is 0 Å². The minimum absolute atomic E-state index is 0.1000. The molecule has 0 saturated carbocycles. The highest BCUT2D eigenvalue weighted by Crippen LogP contribution is 2.32. The van der Waals surface area contributed by atoms with Crippen LogP contribution in [0.5, 0.6) is 0 Å². The first kappa shape index (κ1) is 16.0. The average molecular weight is 311 g/mol. The molecule has 21 heavy (non-hydrogen) atoms. The molecule has 0 aliphatic carbocycles. The van der Waals surface area contributed by atoms with Crippen molar-refractivity contribution in [3.8, 4) is 0 Å².